The summed E-state index contributed by atoms with van der Waals surface area (Å²) in [4.78, 5) is 12.9. The third-order valence-corrected chi connectivity index (χ3v) is 4.75. The van der Waals surface area contributed by atoms with E-state index in [0.717, 1.165) is 27.0 Å². The highest BCUT2D eigenvalue weighted by molar-refractivity contribution is 7.13. The Bertz CT molecular complexity index is 1070. The largest absolute Gasteiger partial charge is 0.444 e. The Kier molecular flexibility index (Phi) is 5.00. The molecule has 0 fully saturated rings. The van der Waals surface area contributed by atoms with Crippen LogP contribution in [0.4, 0.5) is 11.5 Å². The molecule has 1 aromatic carbocycles. The number of thiazole rings is 1. The molecule has 4 rings (SSSR count). The monoisotopic (exact) mass is 394 g/mol. The molecule has 0 aliphatic carbocycles. The minimum atomic E-state index is 0.417. The Labute approximate surface area is 165 Å². The molecule has 0 spiro atoms. The normalized spacial score (nSPS) is 10.6. The lowest BCUT2D eigenvalue weighted by Gasteiger charge is -2.09. The molecule has 0 saturated carbocycles. The van der Waals surface area contributed by atoms with Crippen molar-refractivity contribution in [2.75, 3.05) is 5.32 Å². The minimum Gasteiger partial charge on any atom is -0.444 e. The van der Waals surface area contributed by atoms with E-state index in [1.54, 1.807) is 18.5 Å². The van der Waals surface area contributed by atoms with Gasteiger partial charge in [0.2, 0.25) is 5.06 Å². The molecule has 0 amide bonds. The summed E-state index contributed by atoms with van der Waals surface area (Å²) in [5.41, 5.74) is 2.67. The summed E-state index contributed by atoms with van der Waals surface area (Å²) < 4.78 is 6.12. The summed E-state index contributed by atoms with van der Waals surface area (Å²) in [7, 11) is 0. The predicted octanol–water partition coefficient (Wildman–Crippen LogP) is 6.10. The molecular formula is C20H15ClN4OS. The molecule has 0 radical (unpaired) electrons. The van der Waals surface area contributed by atoms with Gasteiger partial charge in [0.1, 0.15) is 22.4 Å². The van der Waals surface area contributed by atoms with Crippen LogP contribution >= 0.6 is 22.9 Å². The number of aromatic nitrogens is 3. The van der Waals surface area contributed by atoms with Gasteiger partial charge >= 0.3 is 0 Å². The lowest BCUT2D eigenvalue weighted by molar-refractivity contribution is 0.496. The molecule has 0 aliphatic rings. The van der Waals surface area contributed by atoms with Crippen molar-refractivity contribution in [2.45, 2.75) is 6.92 Å². The van der Waals surface area contributed by atoms with Crippen LogP contribution in [0.1, 0.15) is 5.01 Å². The second-order valence-corrected chi connectivity index (χ2v) is 7.26. The van der Waals surface area contributed by atoms with Crippen molar-refractivity contribution in [2.24, 2.45) is 0 Å². The van der Waals surface area contributed by atoms with Gasteiger partial charge in [-0.25, -0.2) is 15.0 Å². The molecule has 4 aromatic rings. The van der Waals surface area contributed by atoms with Gasteiger partial charge in [0.05, 0.1) is 5.01 Å². The summed E-state index contributed by atoms with van der Waals surface area (Å²) in [6, 6.07) is 17.2. The van der Waals surface area contributed by atoms with Crippen LogP contribution in [0.15, 0.2) is 67.0 Å². The van der Waals surface area contributed by atoms with Crippen LogP contribution in [0.25, 0.3) is 11.3 Å². The summed E-state index contributed by atoms with van der Waals surface area (Å²) in [6.45, 7) is 1.97. The standard InChI is InChI=1S/C20H15ClN4OS/c1-13-24-19(14-5-3-2-4-6-14)20(27-13)26-16-8-10-23-18(12-16)25-15-7-9-22-17(21)11-15/h2-12H,1H3,(H,22,23,25). The first kappa shape index (κ1) is 17.5. The number of rotatable bonds is 5. The highest BCUT2D eigenvalue weighted by atomic mass is 35.5. The fourth-order valence-electron chi connectivity index (χ4n) is 2.53. The van der Waals surface area contributed by atoms with E-state index in [1.165, 1.54) is 11.3 Å². The maximum absolute atomic E-state index is 6.12. The summed E-state index contributed by atoms with van der Waals surface area (Å²) in [5, 5.41) is 5.31. The highest BCUT2D eigenvalue weighted by Crippen LogP contribution is 2.38. The number of pyridine rings is 2. The van der Waals surface area contributed by atoms with Gasteiger partial charge in [0.25, 0.3) is 0 Å². The summed E-state index contributed by atoms with van der Waals surface area (Å²) in [6.07, 6.45) is 3.33. The molecule has 3 heterocycles. The van der Waals surface area contributed by atoms with E-state index >= 15 is 0 Å². The van der Waals surface area contributed by atoms with Crippen LogP contribution in [0.3, 0.4) is 0 Å². The Morgan fingerprint density at radius 2 is 1.81 bits per heavy atom. The smallest absolute Gasteiger partial charge is 0.208 e. The van der Waals surface area contributed by atoms with Crippen molar-refractivity contribution in [3.05, 3.63) is 77.2 Å². The summed E-state index contributed by atoms with van der Waals surface area (Å²) in [5.74, 6) is 1.32. The van der Waals surface area contributed by atoms with Gasteiger partial charge in [-0.15, -0.1) is 0 Å². The molecule has 3 aromatic heterocycles. The van der Waals surface area contributed by atoms with Gasteiger partial charge in [-0.2, -0.15) is 0 Å². The van der Waals surface area contributed by atoms with Crippen molar-refractivity contribution in [3.8, 4) is 22.1 Å². The van der Waals surface area contributed by atoms with Crippen molar-refractivity contribution < 1.29 is 4.74 Å². The molecule has 134 valence electrons. The van der Waals surface area contributed by atoms with Crippen molar-refractivity contribution >= 4 is 34.4 Å². The van der Waals surface area contributed by atoms with E-state index < -0.39 is 0 Å². The van der Waals surface area contributed by atoms with Crippen LogP contribution in [-0.4, -0.2) is 15.0 Å². The number of hydrogen-bond acceptors (Lipinski definition) is 6. The fourth-order valence-corrected chi connectivity index (χ4v) is 3.51. The SMILES string of the molecule is Cc1nc(-c2ccccc2)c(Oc2ccnc(Nc3ccnc(Cl)c3)c2)s1. The highest BCUT2D eigenvalue weighted by Gasteiger charge is 2.14. The third-order valence-electron chi connectivity index (χ3n) is 3.69. The number of nitrogens with zero attached hydrogens (tertiary/aromatic N) is 3. The maximum Gasteiger partial charge on any atom is 0.208 e. The van der Waals surface area contributed by atoms with Crippen LogP contribution < -0.4 is 10.1 Å². The van der Waals surface area contributed by atoms with Crippen LogP contribution in [0, 0.1) is 6.92 Å². The Morgan fingerprint density at radius 1 is 1.00 bits per heavy atom. The minimum absolute atomic E-state index is 0.417. The molecule has 0 saturated heterocycles. The first-order valence-electron chi connectivity index (χ1n) is 8.23. The summed E-state index contributed by atoms with van der Waals surface area (Å²) >= 11 is 7.44. The molecule has 5 nitrogen and oxygen atoms in total. The lowest BCUT2D eigenvalue weighted by Crippen LogP contribution is -1.94. The van der Waals surface area contributed by atoms with Crippen molar-refractivity contribution in [1.82, 2.24) is 15.0 Å². The quantitative estimate of drug-likeness (QED) is 0.414. The molecule has 27 heavy (non-hydrogen) atoms. The Hall–Kier alpha value is -2.96. The molecule has 0 atom stereocenters. The van der Waals surface area contributed by atoms with E-state index in [1.807, 2.05) is 55.5 Å². The van der Waals surface area contributed by atoms with E-state index in [0.29, 0.717) is 16.7 Å². The van der Waals surface area contributed by atoms with Crippen LogP contribution in [-0.2, 0) is 0 Å². The predicted molar refractivity (Wildman–Crippen MR) is 109 cm³/mol. The van der Waals surface area contributed by atoms with Gasteiger partial charge in [-0.3, -0.25) is 0 Å². The van der Waals surface area contributed by atoms with E-state index in [-0.39, 0.29) is 0 Å². The second kappa shape index (κ2) is 7.73. The average Bonchev–Trinajstić information content (AvgIpc) is 3.03. The molecule has 0 unspecified atom stereocenters. The zero-order valence-electron chi connectivity index (χ0n) is 14.4. The van der Waals surface area contributed by atoms with Gasteiger partial charge in [0.15, 0.2) is 0 Å². The van der Waals surface area contributed by atoms with Crippen LogP contribution in [0.2, 0.25) is 5.15 Å². The van der Waals surface area contributed by atoms with Gasteiger partial charge in [0, 0.05) is 29.7 Å². The van der Waals surface area contributed by atoms with Gasteiger partial charge in [-0.05, 0) is 25.1 Å². The number of nitrogens with one attached hydrogen (secondary N) is 1. The first-order chi connectivity index (χ1) is 13.2. The number of benzene rings is 1. The topological polar surface area (TPSA) is 59.9 Å². The Morgan fingerprint density at radius 3 is 2.63 bits per heavy atom. The van der Waals surface area contributed by atoms with E-state index in [4.69, 9.17) is 16.3 Å². The van der Waals surface area contributed by atoms with E-state index in [2.05, 4.69) is 20.3 Å². The van der Waals surface area contributed by atoms with Gasteiger partial charge < -0.3 is 10.1 Å². The molecule has 0 bridgehead atoms. The third kappa shape index (κ3) is 4.24. The zero-order valence-corrected chi connectivity index (χ0v) is 16.0. The number of hydrogen-bond donors (Lipinski definition) is 1. The molecule has 7 heteroatoms. The van der Waals surface area contributed by atoms with Crippen LogP contribution in [0.5, 0.6) is 10.8 Å². The number of anilines is 2. The van der Waals surface area contributed by atoms with Crippen molar-refractivity contribution in [3.63, 3.8) is 0 Å². The zero-order chi connectivity index (χ0) is 18.6. The molecular weight excluding hydrogens is 380 g/mol. The van der Waals surface area contributed by atoms with Gasteiger partial charge in [-0.1, -0.05) is 53.3 Å². The van der Waals surface area contributed by atoms with E-state index in [9.17, 15) is 0 Å². The Balaban J connectivity index is 1.59. The molecule has 0 aliphatic heterocycles. The first-order valence-corrected chi connectivity index (χ1v) is 9.42. The average molecular weight is 395 g/mol. The number of ether oxygens (including phenoxy) is 1. The van der Waals surface area contributed by atoms with Crippen molar-refractivity contribution in [1.29, 1.82) is 0 Å². The fraction of sp³-hybridized carbons (Fsp3) is 0.0500. The maximum atomic E-state index is 6.12. The number of aryl methyl sites for hydroxylation is 1. The second-order valence-electron chi connectivity index (χ2n) is 5.71. The number of halogens is 1. The lowest BCUT2D eigenvalue weighted by atomic mass is 10.2. The molecule has 1 N–H and O–H groups in total.